The van der Waals surface area contributed by atoms with E-state index in [0.29, 0.717) is 12.8 Å². The molecule has 2 aliphatic heterocycles. The molecule has 2 saturated heterocycles. The Balaban J connectivity index is 1.84. The number of carbonyl (C=O) groups is 1. The van der Waals surface area contributed by atoms with Gasteiger partial charge >= 0.3 is 0 Å². The van der Waals surface area contributed by atoms with Gasteiger partial charge in [0.05, 0.1) is 12.6 Å². The van der Waals surface area contributed by atoms with Crippen LogP contribution in [-0.2, 0) is 16.0 Å². The zero-order valence-electron chi connectivity index (χ0n) is 11.0. The van der Waals surface area contributed by atoms with Crippen molar-refractivity contribution in [3.8, 4) is 0 Å². The lowest BCUT2D eigenvalue weighted by Gasteiger charge is -2.34. The lowest BCUT2D eigenvalue weighted by molar-refractivity contribution is -0.167. The molecule has 0 N–H and O–H groups in total. The van der Waals surface area contributed by atoms with Crippen molar-refractivity contribution in [3.63, 3.8) is 0 Å². The summed E-state index contributed by atoms with van der Waals surface area (Å²) in [5.41, 5.74) is -0.479. The van der Waals surface area contributed by atoms with E-state index < -0.39 is 18.2 Å². The van der Waals surface area contributed by atoms with E-state index in [4.69, 9.17) is 4.74 Å². The normalized spacial score (nSPS) is 33.5. The van der Waals surface area contributed by atoms with E-state index in [9.17, 15) is 13.6 Å². The molecule has 20 heavy (non-hydrogen) atoms. The van der Waals surface area contributed by atoms with Crippen LogP contribution in [0.1, 0.15) is 18.4 Å². The standard InChI is InChI=1S/C15H17F2NO2/c16-14(17)15-7-6-12(9-19)18(15)13(10-20-15)8-11-4-2-1-3-5-11/h1-5,9,12-14H,6-8,10H2/t12?,13-,15?/m1/s1. The molecule has 5 heteroatoms. The molecule has 2 unspecified atom stereocenters. The number of nitrogens with zero attached hydrogens (tertiary/aromatic N) is 1. The fourth-order valence-electron chi connectivity index (χ4n) is 3.41. The van der Waals surface area contributed by atoms with E-state index in [1.807, 2.05) is 30.3 Å². The number of benzene rings is 1. The quantitative estimate of drug-likeness (QED) is 0.793. The zero-order valence-corrected chi connectivity index (χ0v) is 11.0. The highest BCUT2D eigenvalue weighted by Crippen LogP contribution is 2.45. The van der Waals surface area contributed by atoms with E-state index in [2.05, 4.69) is 0 Å². The van der Waals surface area contributed by atoms with Gasteiger partial charge in [-0.15, -0.1) is 0 Å². The van der Waals surface area contributed by atoms with E-state index in [0.717, 1.165) is 11.8 Å². The van der Waals surface area contributed by atoms with Crippen molar-refractivity contribution in [2.24, 2.45) is 0 Å². The monoisotopic (exact) mass is 281 g/mol. The summed E-state index contributed by atoms with van der Waals surface area (Å²) in [4.78, 5) is 12.8. The minimum atomic E-state index is -2.59. The number of ether oxygens (including phenoxy) is 1. The number of hydrogen-bond donors (Lipinski definition) is 0. The Labute approximate surface area is 116 Å². The van der Waals surface area contributed by atoms with E-state index in [-0.39, 0.29) is 19.1 Å². The van der Waals surface area contributed by atoms with Crippen molar-refractivity contribution < 1.29 is 18.3 Å². The molecular weight excluding hydrogens is 264 g/mol. The summed E-state index contributed by atoms with van der Waals surface area (Å²) in [6.07, 6.45) is -0.525. The van der Waals surface area contributed by atoms with Gasteiger partial charge < -0.3 is 9.53 Å². The van der Waals surface area contributed by atoms with Crippen molar-refractivity contribution in [1.29, 1.82) is 0 Å². The Morgan fingerprint density at radius 3 is 2.80 bits per heavy atom. The maximum absolute atomic E-state index is 13.4. The van der Waals surface area contributed by atoms with Crippen LogP contribution in [0.3, 0.4) is 0 Å². The minimum absolute atomic E-state index is 0.163. The third-order valence-electron chi connectivity index (χ3n) is 4.32. The molecule has 3 nitrogen and oxygen atoms in total. The summed E-state index contributed by atoms with van der Waals surface area (Å²) < 4.78 is 32.3. The second kappa shape index (κ2) is 5.22. The number of carbonyl (C=O) groups excluding carboxylic acids is 1. The molecule has 0 amide bonds. The van der Waals surface area contributed by atoms with Gasteiger partial charge in [-0.25, -0.2) is 8.78 Å². The van der Waals surface area contributed by atoms with Crippen LogP contribution in [0.2, 0.25) is 0 Å². The molecule has 108 valence electrons. The molecule has 2 aliphatic rings. The van der Waals surface area contributed by atoms with Crippen molar-refractivity contribution in [2.75, 3.05) is 6.61 Å². The lowest BCUT2D eigenvalue weighted by atomic mass is 10.0. The van der Waals surface area contributed by atoms with Crippen molar-refractivity contribution in [1.82, 2.24) is 4.90 Å². The largest absolute Gasteiger partial charge is 0.353 e. The molecule has 3 atom stereocenters. The van der Waals surface area contributed by atoms with Crippen LogP contribution in [0.5, 0.6) is 0 Å². The number of aldehydes is 1. The van der Waals surface area contributed by atoms with Crippen molar-refractivity contribution >= 4 is 6.29 Å². The average molecular weight is 281 g/mol. The fraction of sp³-hybridized carbons (Fsp3) is 0.533. The molecule has 1 aromatic carbocycles. The van der Waals surface area contributed by atoms with Crippen molar-refractivity contribution in [3.05, 3.63) is 35.9 Å². The summed E-state index contributed by atoms with van der Waals surface area (Å²) in [5, 5.41) is 0. The highest BCUT2D eigenvalue weighted by Gasteiger charge is 2.60. The number of rotatable bonds is 4. The van der Waals surface area contributed by atoms with Gasteiger partial charge in [0, 0.05) is 6.04 Å². The van der Waals surface area contributed by atoms with E-state index in [1.165, 1.54) is 0 Å². The first-order valence-corrected chi connectivity index (χ1v) is 6.87. The van der Waals surface area contributed by atoms with Gasteiger partial charge in [0.2, 0.25) is 0 Å². The van der Waals surface area contributed by atoms with Gasteiger partial charge in [0.25, 0.3) is 6.43 Å². The smallest absolute Gasteiger partial charge is 0.280 e. The predicted molar refractivity (Wildman–Crippen MR) is 69.5 cm³/mol. The SMILES string of the molecule is O=CC1CCC2(C(F)F)OC[C@@H](Cc3ccccc3)N12. The number of fused-ring (bicyclic) bond motifs is 1. The molecule has 0 aromatic heterocycles. The van der Waals surface area contributed by atoms with Crippen LogP contribution in [0.15, 0.2) is 30.3 Å². The Morgan fingerprint density at radius 1 is 1.40 bits per heavy atom. The Kier molecular flexibility index (Phi) is 3.56. The first-order chi connectivity index (χ1) is 9.67. The Hall–Kier alpha value is -1.33. The number of halogens is 2. The Morgan fingerprint density at radius 2 is 2.15 bits per heavy atom. The molecule has 2 fully saturated rings. The Bertz CT molecular complexity index is 482. The highest BCUT2D eigenvalue weighted by molar-refractivity contribution is 5.59. The summed E-state index contributed by atoms with van der Waals surface area (Å²) in [6.45, 7) is 0.254. The zero-order chi connectivity index (χ0) is 14.2. The van der Waals surface area contributed by atoms with Gasteiger partial charge in [0.15, 0.2) is 5.72 Å². The van der Waals surface area contributed by atoms with E-state index >= 15 is 0 Å². The van der Waals surface area contributed by atoms with Gasteiger partial charge in [-0.05, 0) is 24.8 Å². The van der Waals surface area contributed by atoms with Gasteiger partial charge in [-0.3, -0.25) is 4.90 Å². The maximum Gasteiger partial charge on any atom is 0.280 e. The summed E-state index contributed by atoms with van der Waals surface area (Å²) >= 11 is 0. The predicted octanol–water partition coefficient (Wildman–Crippen LogP) is 2.25. The van der Waals surface area contributed by atoms with Gasteiger partial charge in [0.1, 0.15) is 6.29 Å². The van der Waals surface area contributed by atoms with Gasteiger partial charge in [-0.2, -0.15) is 0 Å². The molecule has 0 bridgehead atoms. The first kappa shape index (κ1) is 13.6. The third-order valence-corrected chi connectivity index (χ3v) is 4.32. The van der Waals surface area contributed by atoms with Crippen LogP contribution >= 0.6 is 0 Å². The van der Waals surface area contributed by atoms with Crippen LogP contribution < -0.4 is 0 Å². The fourth-order valence-corrected chi connectivity index (χ4v) is 3.41. The molecule has 2 heterocycles. The van der Waals surface area contributed by atoms with Crippen LogP contribution in [0.25, 0.3) is 0 Å². The molecule has 0 spiro atoms. The molecule has 3 rings (SSSR count). The lowest BCUT2D eigenvalue weighted by Crippen LogP contribution is -2.52. The van der Waals surface area contributed by atoms with Crippen molar-refractivity contribution in [2.45, 2.75) is 43.5 Å². The summed E-state index contributed by atoms with van der Waals surface area (Å²) in [6, 6.07) is 9.08. The topological polar surface area (TPSA) is 29.5 Å². The minimum Gasteiger partial charge on any atom is -0.353 e. The average Bonchev–Trinajstić information content (AvgIpc) is 2.99. The van der Waals surface area contributed by atoms with Gasteiger partial charge in [-0.1, -0.05) is 30.3 Å². The molecule has 1 aromatic rings. The second-order valence-electron chi connectivity index (χ2n) is 5.45. The van der Waals surface area contributed by atoms with Crippen LogP contribution in [-0.4, -0.2) is 42.0 Å². The molecule has 0 aliphatic carbocycles. The van der Waals surface area contributed by atoms with Crippen LogP contribution in [0.4, 0.5) is 8.78 Å². The van der Waals surface area contributed by atoms with E-state index in [1.54, 1.807) is 4.90 Å². The molecular formula is C15H17F2NO2. The molecule has 0 radical (unpaired) electrons. The van der Waals surface area contributed by atoms with Crippen LogP contribution in [0, 0.1) is 0 Å². The molecule has 0 saturated carbocycles. The maximum atomic E-state index is 13.4. The number of alkyl halides is 2. The number of hydrogen-bond acceptors (Lipinski definition) is 3. The summed E-state index contributed by atoms with van der Waals surface area (Å²) in [7, 11) is 0. The summed E-state index contributed by atoms with van der Waals surface area (Å²) in [5.74, 6) is 0. The second-order valence-corrected chi connectivity index (χ2v) is 5.45. The first-order valence-electron chi connectivity index (χ1n) is 6.87. The third kappa shape index (κ3) is 2.05. The highest BCUT2D eigenvalue weighted by atomic mass is 19.3.